The number of nitrogens with two attached hydrogens (primary N) is 1. The van der Waals surface area contributed by atoms with E-state index in [0.717, 1.165) is 17.5 Å². The third kappa shape index (κ3) is 2.19. The Morgan fingerprint density at radius 1 is 1.35 bits per heavy atom. The van der Waals surface area contributed by atoms with Gasteiger partial charge in [0.15, 0.2) is 0 Å². The van der Waals surface area contributed by atoms with Gasteiger partial charge in [-0.25, -0.2) is 0 Å². The largest absolute Gasteiger partial charge is 0.369 e. The van der Waals surface area contributed by atoms with E-state index in [9.17, 15) is 4.79 Å². The third-order valence-corrected chi connectivity index (χ3v) is 3.74. The van der Waals surface area contributed by atoms with Crippen LogP contribution in [0.2, 0.25) is 0 Å². The summed E-state index contributed by atoms with van der Waals surface area (Å²) in [6, 6.07) is 6.03. The van der Waals surface area contributed by atoms with Crippen LogP contribution in [0, 0.1) is 5.92 Å². The van der Waals surface area contributed by atoms with Crippen LogP contribution in [-0.4, -0.2) is 16.0 Å². The zero-order valence-electron chi connectivity index (χ0n) is 11.6. The molecule has 0 saturated carbocycles. The van der Waals surface area contributed by atoms with Gasteiger partial charge in [0.05, 0.1) is 0 Å². The van der Waals surface area contributed by atoms with E-state index in [1.165, 1.54) is 5.56 Å². The topological polar surface area (TPSA) is 82.0 Å². The molecule has 1 atom stereocenters. The molecule has 5 heteroatoms. The Hall–Kier alpha value is -2.17. The molecule has 0 radical (unpaired) electrons. The number of nitrogens with zero attached hydrogens (tertiary/aromatic N) is 2. The van der Waals surface area contributed by atoms with E-state index >= 15 is 0 Å². The van der Waals surface area contributed by atoms with Gasteiger partial charge in [-0.1, -0.05) is 31.1 Å². The molecular weight excluding hydrogens is 254 g/mol. The molecule has 0 aliphatic heterocycles. The first kappa shape index (κ1) is 12.8. The smallest absolute Gasteiger partial charge is 0.229 e. The molecule has 0 fully saturated rings. The number of amides is 1. The number of hydrogen-bond acceptors (Lipinski definition) is 4. The lowest BCUT2D eigenvalue weighted by Gasteiger charge is -2.00. The van der Waals surface area contributed by atoms with E-state index in [2.05, 4.69) is 10.1 Å². The summed E-state index contributed by atoms with van der Waals surface area (Å²) in [4.78, 5) is 15.7. The van der Waals surface area contributed by atoms with Gasteiger partial charge in [-0.3, -0.25) is 4.79 Å². The molecule has 3 rings (SSSR count). The molecule has 0 bridgehead atoms. The molecule has 5 nitrogen and oxygen atoms in total. The van der Waals surface area contributed by atoms with Gasteiger partial charge >= 0.3 is 0 Å². The lowest BCUT2D eigenvalue weighted by Crippen LogP contribution is -2.23. The minimum atomic E-state index is -0.232. The Labute approximate surface area is 117 Å². The summed E-state index contributed by atoms with van der Waals surface area (Å²) in [7, 11) is 0. The lowest BCUT2D eigenvalue weighted by molar-refractivity contribution is -0.121. The molecule has 0 spiro atoms. The fraction of sp³-hybridized carbons (Fsp3) is 0.400. The fourth-order valence-electron chi connectivity index (χ4n) is 2.55. The monoisotopic (exact) mass is 271 g/mol. The van der Waals surface area contributed by atoms with Gasteiger partial charge in [0, 0.05) is 17.4 Å². The quantitative estimate of drug-likeness (QED) is 0.926. The average molecular weight is 271 g/mol. The van der Waals surface area contributed by atoms with E-state index in [4.69, 9.17) is 10.3 Å². The fourth-order valence-corrected chi connectivity index (χ4v) is 2.55. The molecular formula is C15H17N3O2. The van der Waals surface area contributed by atoms with Crippen molar-refractivity contribution in [2.24, 2.45) is 11.7 Å². The van der Waals surface area contributed by atoms with Crippen molar-refractivity contribution >= 4 is 5.91 Å². The summed E-state index contributed by atoms with van der Waals surface area (Å²) in [5, 5.41) is 4.01. The summed E-state index contributed by atoms with van der Waals surface area (Å²) < 4.78 is 5.22. The summed E-state index contributed by atoms with van der Waals surface area (Å²) in [5.74, 6) is 1.13. The number of benzene rings is 1. The van der Waals surface area contributed by atoms with Crippen molar-refractivity contribution in [3.8, 4) is 11.4 Å². The molecule has 104 valence electrons. The first-order valence-electron chi connectivity index (χ1n) is 6.79. The number of fused-ring (bicyclic) bond motifs is 1. The highest BCUT2D eigenvalue weighted by atomic mass is 16.5. The van der Waals surface area contributed by atoms with Crippen molar-refractivity contribution in [3.05, 3.63) is 35.2 Å². The van der Waals surface area contributed by atoms with Crippen molar-refractivity contribution in [2.45, 2.75) is 32.6 Å². The molecule has 2 N–H and O–H groups in total. The highest BCUT2D eigenvalue weighted by molar-refractivity contribution is 5.78. The first-order chi connectivity index (χ1) is 9.54. The van der Waals surface area contributed by atoms with Crippen molar-refractivity contribution < 1.29 is 9.32 Å². The van der Waals surface area contributed by atoms with E-state index in [0.29, 0.717) is 18.1 Å². The van der Waals surface area contributed by atoms with Gasteiger partial charge in [-0.2, -0.15) is 4.98 Å². The zero-order valence-corrected chi connectivity index (χ0v) is 11.6. The molecule has 0 saturated heterocycles. The molecule has 1 unspecified atom stereocenters. The third-order valence-electron chi connectivity index (χ3n) is 3.74. The van der Waals surface area contributed by atoms with Crippen LogP contribution in [0.15, 0.2) is 22.7 Å². The summed E-state index contributed by atoms with van der Waals surface area (Å²) in [6.07, 6.45) is 1.43. The second-order valence-corrected chi connectivity index (χ2v) is 5.60. The Morgan fingerprint density at radius 2 is 2.10 bits per heavy atom. The van der Waals surface area contributed by atoms with E-state index in [-0.39, 0.29) is 17.7 Å². The first-order valence-corrected chi connectivity index (χ1v) is 6.79. The van der Waals surface area contributed by atoms with Gasteiger partial charge < -0.3 is 10.3 Å². The van der Waals surface area contributed by atoms with Crippen molar-refractivity contribution in [1.82, 2.24) is 10.1 Å². The number of rotatable bonds is 3. The van der Waals surface area contributed by atoms with Gasteiger partial charge in [0.25, 0.3) is 0 Å². The maximum atomic E-state index is 11.3. The van der Waals surface area contributed by atoms with Crippen LogP contribution in [0.4, 0.5) is 0 Å². The van der Waals surface area contributed by atoms with Crippen LogP contribution in [0.25, 0.3) is 11.4 Å². The number of aromatic nitrogens is 2. The van der Waals surface area contributed by atoms with Crippen LogP contribution in [0.5, 0.6) is 0 Å². The van der Waals surface area contributed by atoms with Crippen molar-refractivity contribution in [2.75, 3.05) is 0 Å². The van der Waals surface area contributed by atoms with Crippen LogP contribution in [-0.2, 0) is 17.6 Å². The molecule has 20 heavy (non-hydrogen) atoms. The SMILES string of the molecule is CC(C)c1nc(-c2ccc3c(c2)CC(C(N)=O)C3)no1. The van der Waals surface area contributed by atoms with Crippen molar-refractivity contribution in [1.29, 1.82) is 0 Å². The minimum absolute atomic E-state index is 0.0863. The summed E-state index contributed by atoms with van der Waals surface area (Å²) in [6.45, 7) is 4.02. The Bertz CT molecular complexity index is 661. The molecule has 1 aliphatic rings. The predicted octanol–water partition coefficient (Wildman–Crippen LogP) is 2.06. The molecule has 1 heterocycles. The molecule has 1 amide bonds. The van der Waals surface area contributed by atoms with Crippen LogP contribution in [0.3, 0.4) is 0 Å². The molecule has 1 aromatic carbocycles. The van der Waals surface area contributed by atoms with Gasteiger partial charge in [0.1, 0.15) is 0 Å². The molecule has 1 aromatic heterocycles. The van der Waals surface area contributed by atoms with E-state index in [1.54, 1.807) is 0 Å². The predicted molar refractivity (Wildman–Crippen MR) is 73.9 cm³/mol. The molecule has 2 aromatic rings. The van der Waals surface area contributed by atoms with Gasteiger partial charge in [0.2, 0.25) is 17.6 Å². The minimum Gasteiger partial charge on any atom is -0.369 e. The average Bonchev–Trinajstić information content (AvgIpc) is 3.04. The number of carbonyl (C=O) groups excluding carboxylic acids is 1. The number of primary amides is 1. The summed E-state index contributed by atoms with van der Waals surface area (Å²) >= 11 is 0. The summed E-state index contributed by atoms with van der Waals surface area (Å²) in [5.41, 5.74) is 8.65. The van der Waals surface area contributed by atoms with Gasteiger partial charge in [-0.15, -0.1) is 0 Å². The Morgan fingerprint density at radius 3 is 2.75 bits per heavy atom. The Kier molecular flexibility index (Phi) is 3.04. The van der Waals surface area contributed by atoms with Crippen LogP contribution < -0.4 is 5.73 Å². The zero-order chi connectivity index (χ0) is 14.3. The van der Waals surface area contributed by atoms with Crippen LogP contribution >= 0.6 is 0 Å². The maximum absolute atomic E-state index is 11.3. The lowest BCUT2D eigenvalue weighted by atomic mass is 10.1. The second kappa shape index (κ2) is 4.74. The number of hydrogen-bond donors (Lipinski definition) is 1. The second-order valence-electron chi connectivity index (χ2n) is 5.60. The van der Waals surface area contributed by atoms with Crippen LogP contribution in [0.1, 0.15) is 36.8 Å². The standard InChI is InChI=1S/C15H17N3O2/c1-8(2)15-17-14(18-20-15)10-4-3-9-5-12(13(16)19)7-11(9)6-10/h3-4,6,8,12H,5,7H2,1-2H3,(H2,16,19). The maximum Gasteiger partial charge on any atom is 0.229 e. The number of carbonyl (C=O) groups is 1. The van der Waals surface area contributed by atoms with Gasteiger partial charge in [-0.05, 0) is 30.0 Å². The Balaban J connectivity index is 1.90. The van der Waals surface area contributed by atoms with E-state index < -0.39 is 0 Å². The normalized spacial score (nSPS) is 17.4. The molecule has 1 aliphatic carbocycles. The highest BCUT2D eigenvalue weighted by Crippen LogP contribution is 2.30. The van der Waals surface area contributed by atoms with Crippen molar-refractivity contribution in [3.63, 3.8) is 0 Å². The highest BCUT2D eigenvalue weighted by Gasteiger charge is 2.26. The van der Waals surface area contributed by atoms with E-state index in [1.807, 2.05) is 32.0 Å².